The van der Waals surface area contributed by atoms with Crippen LogP contribution in [0.4, 0.5) is 5.82 Å². The topological polar surface area (TPSA) is 121 Å². The molecule has 0 radical (unpaired) electrons. The second kappa shape index (κ2) is 6.28. The minimum Gasteiger partial charge on any atom is -0.382 e. The maximum absolute atomic E-state index is 6.34. The van der Waals surface area contributed by atoms with Crippen molar-refractivity contribution in [2.24, 2.45) is 7.05 Å². The van der Waals surface area contributed by atoms with Gasteiger partial charge in [0.05, 0.1) is 41.4 Å². The summed E-state index contributed by atoms with van der Waals surface area (Å²) in [5.41, 5.74) is 11.7. The summed E-state index contributed by atoms with van der Waals surface area (Å²) in [6.45, 7) is 0. The monoisotopic (exact) mass is 400 g/mol. The Kier molecular flexibility index (Phi) is 3.55. The molecule has 0 unspecified atom stereocenters. The van der Waals surface area contributed by atoms with Gasteiger partial charge in [0.2, 0.25) is 0 Å². The van der Waals surface area contributed by atoms with E-state index in [1.807, 2.05) is 47.0 Å². The molecule has 5 aromatic heterocycles. The lowest BCUT2D eigenvalue weighted by Crippen LogP contribution is -2.26. The Bertz CT molecular complexity index is 1330. The molecule has 0 bridgehead atoms. The molecule has 150 valence electrons. The minimum atomic E-state index is 0.316. The van der Waals surface area contributed by atoms with Crippen LogP contribution < -0.4 is 5.73 Å². The van der Waals surface area contributed by atoms with Crippen LogP contribution in [0.15, 0.2) is 49.3 Å². The van der Waals surface area contributed by atoms with Gasteiger partial charge < -0.3 is 5.73 Å². The normalized spacial score (nSPS) is 18.7. The summed E-state index contributed by atoms with van der Waals surface area (Å²) in [4.78, 5) is 4.90. The van der Waals surface area contributed by atoms with Gasteiger partial charge in [0, 0.05) is 42.8 Å². The van der Waals surface area contributed by atoms with Crippen LogP contribution in [0.25, 0.3) is 28.0 Å². The first-order valence-corrected chi connectivity index (χ1v) is 9.83. The van der Waals surface area contributed by atoms with E-state index in [1.165, 1.54) is 5.69 Å². The molecule has 0 aliphatic heterocycles. The van der Waals surface area contributed by atoms with E-state index in [9.17, 15) is 0 Å². The number of H-pyrrole nitrogens is 1. The van der Waals surface area contributed by atoms with Gasteiger partial charge in [-0.1, -0.05) is 0 Å². The predicted octanol–water partition coefficient (Wildman–Crippen LogP) is 2.42. The molecule has 0 atom stereocenters. The smallest absolute Gasteiger partial charge is 0.155 e. The highest BCUT2D eigenvalue weighted by atomic mass is 15.3. The summed E-state index contributed by atoms with van der Waals surface area (Å²) in [6.07, 6.45) is 13.2. The van der Waals surface area contributed by atoms with Crippen molar-refractivity contribution in [3.05, 3.63) is 55.0 Å². The third kappa shape index (κ3) is 2.60. The van der Waals surface area contributed by atoms with E-state index in [0.717, 1.165) is 40.9 Å². The Hall–Kier alpha value is -3.95. The van der Waals surface area contributed by atoms with E-state index in [4.69, 9.17) is 10.7 Å². The summed E-state index contributed by atoms with van der Waals surface area (Å²) in [5, 5.41) is 20.4. The SMILES string of the molecule is Cn1cc(-c2cn3nccc3c(-c3cn(C4CC(c5ccn[nH]5)C4)nc3N)n2)cn1. The number of aryl methyl sites for hydroxylation is 1. The fraction of sp³-hybridized carbons (Fsp3) is 0.250. The number of fused-ring (bicyclic) bond motifs is 1. The molecule has 3 N–H and O–H groups in total. The summed E-state index contributed by atoms with van der Waals surface area (Å²) < 4.78 is 5.55. The van der Waals surface area contributed by atoms with E-state index >= 15 is 0 Å². The van der Waals surface area contributed by atoms with Gasteiger partial charge in [-0.2, -0.15) is 20.4 Å². The number of nitrogen functional groups attached to an aromatic ring is 1. The number of rotatable bonds is 4. The molecule has 30 heavy (non-hydrogen) atoms. The number of hydrogen-bond acceptors (Lipinski definition) is 6. The van der Waals surface area contributed by atoms with Crippen molar-refractivity contribution >= 4 is 11.3 Å². The van der Waals surface area contributed by atoms with Gasteiger partial charge >= 0.3 is 0 Å². The second-order valence-electron chi connectivity index (χ2n) is 7.78. The molecule has 6 rings (SSSR count). The lowest BCUT2D eigenvalue weighted by molar-refractivity contribution is 0.242. The van der Waals surface area contributed by atoms with Crippen molar-refractivity contribution in [1.29, 1.82) is 0 Å². The molecule has 1 aliphatic carbocycles. The number of aromatic nitrogens is 9. The lowest BCUT2D eigenvalue weighted by Gasteiger charge is -2.34. The van der Waals surface area contributed by atoms with Crippen LogP contribution in [0, 0.1) is 0 Å². The van der Waals surface area contributed by atoms with Crippen LogP contribution in [-0.2, 0) is 7.05 Å². The quantitative estimate of drug-likeness (QED) is 0.478. The first-order chi connectivity index (χ1) is 14.7. The predicted molar refractivity (Wildman–Crippen MR) is 110 cm³/mol. The first kappa shape index (κ1) is 17.0. The van der Waals surface area contributed by atoms with E-state index in [0.29, 0.717) is 17.8 Å². The summed E-state index contributed by atoms with van der Waals surface area (Å²) in [6, 6.07) is 4.29. The maximum Gasteiger partial charge on any atom is 0.155 e. The third-order valence-corrected chi connectivity index (χ3v) is 5.86. The Morgan fingerprint density at radius 3 is 2.77 bits per heavy atom. The molecule has 1 aliphatic rings. The Morgan fingerprint density at radius 1 is 1.10 bits per heavy atom. The summed E-state index contributed by atoms with van der Waals surface area (Å²) >= 11 is 0. The van der Waals surface area contributed by atoms with Crippen molar-refractivity contribution in [2.45, 2.75) is 24.8 Å². The highest BCUT2D eigenvalue weighted by Gasteiger charge is 2.33. The van der Waals surface area contributed by atoms with E-state index < -0.39 is 0 Å². The fourth-order valence-electron chi connectivity index (χ4n) is 4.14. The van der Waals surface area contributed by atoms with Crippen molar-refractivity contribution in [3.8, 4) is 22.5 Å². The number of aromatic amines is 1. The largest absolute Gasteiger partial charge is 0.382 e. The molecule has 0 saturated heterocycles. The molecule has 0 aromatic carbocycles. The molecule has 5 heterocycles. The standard InChI is InChI=1S/C20H20N10/c1-28-9-13(8-24-28)17-11-30-18(3-5-23-30)19(25-17)15-10-29(27-20(15)21)14-6-12(7-14)16-2-4-22-26-16/h2-5,8-12,14H,6-7H2,1H3,(H2,21,27)(H,22,26). The molecular formula is C20H20N10. The van der Waals surface area contributed by atoms with Gasteiger partial charge in [-0.15, -0.1) is 0 Å². The number of anilines is 1. The molecular weight excluding hydrogens is 380 g/mol. The maximum atomic E-state index is 6.34. The number of nitrogens with two attached hydrogens (primary N) is 1. The van der Waals surface area contributed by atoms with Gasteiger partial charge in [0.25, 0.3) is 0 Å². The van der Waals surface area contributed by atoms with E-state index in [-0.39, 0.29) is 0 Å². The Balaban J connectivity index is 1.37. The minimum absolute atomic E-state index is 0.316. The zero-order valence-corrected chi connectivity index (χ0v) is 16.3. The average Bonchev–Trinajstić information content (AvgIpc) is 3.47. The molecule has 1 fully saturated rings. The molecule has 10 heteroatoms. The highest BCUT2D eigenvalue weighted by molar-refractivity contribution is 5.83. The van der Waals surface area contributed by atoms with Gasteiger partial charge in [0.1, 0.15) is 5.69 Å². The van der Waals surface area contributed by atoms with Crippen LogP contribution in [0.3, 0.4) is 0 Å². The van der Waals surface area contributed by atoms with Crippen molar-refractivity contribution in [2.75, 3.05) is 5.73 Å². The van der Waals surface area contributed by atoms with Gasteiger partial charge in [-0.25, -0.2) is 9.50 Å². The number of nitrogens with zero attached hydrogens (tertiary/aromatic N) is 8. The van der Waals surface area contributed by atoms with Gasteiger partial charge in [-0.05, 0) is 25.0 Å². The second-order valence-corrected chi connectivity index (χ2v) is 7.78. The lowest BCUT2D eigenvalue weighted by atomic mass is 9.78. The fourth-order valence-corrected chi connectivity index (χ4v) is 4.14. The van der Waals surface area contributed by atoms with Crippen molar-refractivity contribution in [3.63, 3.8) is 0 Å². The highest BCUT2D eigenvalue weighted by Crippen LogP contribution is 2.44. The van der Waals surface area contributed by atoms with E-state index in [1.54, 1.807) is 23.3 Å². The van der Waals surface area contributed by atoms with Crippen LogP contribution in [0.2, 0.25) is 0 Å². The van der Waals surface area contributed by atoms with Gasteiger partial charge in [-0.3, -0.25) is 14.5 Å². The van der Waals surface area contributed by atoms with Crippen LogP contribution in [-0.4, -0.2) is 44.4 Å². The number of nitrogens with one attached hydrogen (secondary N) is 1. The van der Waals surface area contributed by atoms with Crippen LogP contribution in [0.5, 0.6) is 0 Å². The molecule has 1 saturated carbocycles. The Morgan fingerprint density at radius 2 is 2.00 bits per heavy atom. The zero-order chi connectivity index (χ0) is 20.2. The molecule has 5 aromatic rings. The third-order valence-electron chi connectivity index (χ3n) is 5.86. The molecule has 0 amide bonds. The van der Waals surface area contributed by atoms with E-state index in [2.05, 4.69) is 25.5 Å². The summed E-state index contributed by atoms with van der Waals surface area (Å²) in [7, 11) is 1.88. The van der Waals surface area contributed by atoms with Crippen LogP contribution in [0.1, 0.15) is 30.5 Å². The zero-order valence-electron chi connectivity index (χ0n) is 16.3. The average molecular weight is 400 g/mol. The molecule has 10 nitrogen and oxygen atoms in total. The van der Waals surface area contributed by atoms with Crippen LogP contribution >= 0.6 is 0 Å². The van der Waals surface area contributed by atoms with Gasteiger partial charge in [0.15, 0.2) is 5.82 Å². The first-order valence-electron chi connectivity index (χ1n) is 9.83. The number of hydrogen-bond donors (Lipinski definition) is 2. The van der Waals surface area contributed by atoms with Crippen molar-refractivity contribution < 1.29 is 0 Å². The molecule has 0 spiro atoms. The Labute approximate surface area is 171 Å². The summed E-state index contributed by atoms with van der Waals surface area (Å²) in [5.74, 6) is 0.957. The van der Waals surface area contributed by atoms with Crippen molar-refractivity contribution in [1.82, 2.24) is 44.4 Å².